The summed E-state index contributed by atoms with van der Waals surface area (Å²) in [5.41, 5.74) is 2.85. The van der Waals surface area contributed by atoms with Crippen molar-refractivity contribution < 1.29 is 14.3 Å². The van der Waals surface area contributed by atoms with Gasteiger partial charge in [0, 0.05) is 11.6 Å². The van der Waals surface area contributed by atoms with Crippen LogP contribution in [0.5, 0.6) is 11.5 Å². The maximum Gasteiger partial charge on any atom is 0.279 e. The molecule has 3 N–H and O–H groups in total. The highest BCUT2D eigenvalue weighted by atomic mass is 16.5. The number of nitrogens with two attached hydrogens (primary N) is 1. The highest BCUT2D eigenvalue weighted by molar-refractivity contribution is 5.82. The molecule has 2 aromatic rings. The standard InChI is InChI=1S/C16H18N2O3/c1-2-20-13-9-6-10-14(11-13)21-15(16(19)18-17)12-7-4-3-5-8-12/h3-11,15H,2,17H2,1H3,(H,18,19). The van der Waals surface area contributed by atoms with E-state index in [1.807, 2.05) is 49.4 Å². The van der Waals surface area contributed by atoms with Gasteiger partial charge in [0.05, 0.1) is 6.61 Å². The second-order valence-electron chi connectivity index (χ2n) is 4.33. The van der Waals surface area contributed by atoms with E-state index in [9.17, 15) is 4.79 Å². The van der Waals surface area contributed by atoms with E-state index in [-0.39, 0.29) is 0 Å². The molecule has 1 unspecified atom stereocenters. The maximum atomic E-state index is 11.9. The molecule has 21 heavy (non-hydrogen) atoms. The zero-order valence-corrected chi connectivity index (χ0v) is 11.8. The first kappa shape index (κ1) is 14.9. The summed E-state index contributed by atoms with van der Waals surface area (Å²) in [6.07, 6.45) is -0.812. The molecular weight excluding hydrogens is 268 g/mol. The number of amides is 1. The largest absolute Gasteiger partial charge is 0.494 e. The lowest BCUT2D eigenvalue weighted by Crippen LogP contribution is -2.37. The van der Waals surface area contributed by atoms with Crippen molar-refractivity contribution in [3.05, 3.63) is 60.2 Å². The lowest BCUT2D eigenvalue weighted by Gasteiger charge is -2.18. The molecule has 0 bridgehead atoms. The molecule has 0 aliphatic carbocycles. The highest BCUT2D eigenvalue weighted by Gasteiger charge is 2.21. The summed E-state index contributed by atoms with van der Waals surface area (Å²) >= 11 is 0. The Morgan fingerprint density at radius 2 is 1.86 bits per heavy atom. The van der Waals surface area contributed by atoms with Gasteiger partial charge in [-0.25, -0.2) is 5.84 Å². The molecule has 2 rings (SSSR count). The number of benzene rings is 2. The number of hydrogen-bond acceptors (Lipinski definition) is 4. The lowest BCUT2D eigenvalue weighted by molar-refractivity contribution is -0.128. The van der Waals surface area contributed by atoms with Gasteiger partial charge in [-0.3, -0.25) is 10.2 Å². The third-order valence-electron chi connectivity index (χ3n) is 2.85. The number of carbonyl (C=O) groups excluding carboxylic acids is 1. The smallest absolute Gasteiger partial charge is 0.279 e. The van der Waals surface area contributed by atoms with Crippen molar-refractivity contribution in [2.24, 2.45) is 5.84 Å². The minimum absolute atomic E-state index is 0.414. The molecule has 5 heteroatoms. The number of ether oxygens (including phenoxy) is 2. The summed E-state index contributed by atoms with van der Waals surface area (Å²) in [6.45, 7) is 2.47. The van der Waals surface area contributed by atoms with Crippen LogP contribution in [0.2, 0.25) is 0 Å². The molecule has 1 atom stereocenters. The molecule has 0 fully saturated rings. The van der Waals surface area contributed by atoms with Gasteiger partial charge in [0.2, 0.25) is 6.10 Å². The predicted molar refractivity (Wildman–Crippen MR) is 79.8 cm³/mol. The van der Waals surface area contributed by atoms with Gasteiger partial charge in [0.15, 0.2) is 0 Å². The van der Waals surface area contributed by atoms with E-state index in [2.05, 4.69) is 5.43 Å². The van der Waals surface area contributed by atoms with Crippen molar-refractivity contribution in [2.75, 3.05) is 6.61 Å². The summed E-state index contributed by atoms with van der Waals surface area (Å²) in [6, 6.07) is 16.3. The average Bonchev–Trinajstić information content (AvgIpc) is 2.53. The van der Waals surface area contributed by atoms with Gasteiger partial charge < -0.3 is 9.47 Å². The van der Waals surface area contributed by atoms with E-state index in [1.54, 1.807) is 12.1 Å². The highest BCUT2D eigenvalue weighted by Crippen LogP contribution is 2.25. The van der Waals surface area contributed by atoms with E-state index < -0.39 is 12.0 Å². The molecule has 0 aliphatic rings. The van der Waals surface area contributed by atoms with E-state index in [0.29, 0.717) is 18.1 Å². The first-order valence-corrected chi connectivity index (χ1v) is 6.69. The fraction of sp³-hybridized carbons (Fsp3) is 0.188. The summed E-state index contributed by atoms with van der Waals surface area (Å²) in [7, 11) is 0. The Morgan fingerprint density at radius 1 is 1.14 bits per heavy atom. The second-order valence-corrected chi connectivity index (χ2v) is 4.33. The molecule has 0 heterocycles. The molecule has 0 radical (unpaired) electrons. The first-order chi connectivity index (χ1) is 10.2. The van der Waals surface area contributed by atoms with Crippen LogP contribution >= 0.6 is 0 Å². The number of hydrazine groups is 1. The minimum Gasteiger partial charge on any atom is -0.494 e. The minimum atomic E-state index is -0.812. The van der Waals surface area contributed by atoms with Crippen LogP contribution in [0, 0.1) is 0 Å². The monoisotopic (exact) mass is 286 g/mol. The predicted octanol–water partition coefficient (Wildman–Crippen LogP) is 2.20. The van der Waals surface area contributed by atoms with Crippen LogP contribution in [0.25, 0.3) is 0 Å². The van der Waals surface area contributed by atoms with Crippen LogP contribution in [0.15, 0.2) is 54.6 Å². The van der Waals surface area contributed by atoms with Gasteiger partial charge in [0.1, 0.15) is 11.5 Å². The van der Waals surface area contributed by atoms with Gasteiger partial charge in [-0.15, -0.1) is 0 Å². The third-order valence-corrected chi connectivity index (χ3v) is 2.85. The Hall–Kier alpha value is -2.53. The van der Waals surface area contributed by atoms with Gasteiger partial charge in [-0.05, 0) is 19.1 Å². The Morgan fingerprint density at radius 3 is 2.52 bits per heavy atom. The van der Waals surface area contributed by atoms with Gasteiger partial charge in [-0.2, -0.15) is 0 Å². The van der Waals surface area contributed by atoms with Crippen molar-refractivity contribution in [2.45, 2.75) is 13.0 Å². The van der Waals surface area contributed by atoms with Crippen molar-refractivity contribution in [1.29, 1.82) is 0 Å². The molecule has 0 aromatic heterocycles. The summed E-state index contributed by atoms with van der Waals surface area (Å²) < 4.78 is 11.2. The molecule has 0 saturated carbocycles. The molecular formula is C16H18N2O3. The first-order valence-electron chi connectivity index (χ1n) is 6.69. The Kier molecular flexibility index (Phi) is 5.17. The molecule has 2 aromatic carbocycles. The molecule has 5 nitrogen and oxygen atoms in total. The quantitative estimate of drug-likeness (QED) is 0.485. The van der Waals surface area contributed by atoms with Crippen molar-refractivity contribution >= 4 is 5.91 Å². The molecule has 1 amide bonds. The van der Waals surface area contributed by atoms with Crippen LogP contribution in [-0.2, 0) is 4.79 Å². The third kappa shape index (κ3) is 3.97. The lowest BCUT2D eigenvalue weighted by atomic mass is 10.1. The summed E-state index contributed by atoms with van der Waals surface area (Å²) in [5, 5.41) is 0. The SMILES string of the molecule is CCOc1cccc(OC(C(=O)NN)c2ccccc2)c1. The van der Waals surface area contributed by atoms with Crippen LogP contribution in [0.3, 0.4) is 0 Å². The van der Waals surface area contributed by atoms with E-state index >= 15 is 0 Å². The van der Waals surface area contributed by atoms with E-state index in [1.165, 1.54) is 0 Å². The summed E-state index contributed by atoms with van der Waals surface area (Å²) in [5.74, 6) is 6.05. The van der Waals surface area contributed by atoms with Crippen LogP contribution < -0.4 is 20.7 Å². The molecule has 0 spiro atoms. The second kappa shape index (κ2) is 7.31. The number of rotatable bonds is 6. The van der Waals surface area contributed by atoms with Gasteiger partial charge in [-0.1, -0.05) is 36.4 Å². The Bertz CT molecular complexity index is 587. The number of hydrogen-bond donors (Lipinski definition) is 2. The molecule has 110 valence electrons. The average molecular weight is 286 g/mol. The van der Waals surface area contributed by atoms with Crippen LogP contribution in [0.1, 0.15) is 18.6 Å². The van der Waals surface area contributed by atoms with E-state index in [4.69, 9.17) is 15.3 Å². The maximum absolute atomic E-state index is 11.9. The van der Waals surface area contributed by atoms with Crippen molar-refractivity contribution in [3.63, 3.8) is 0 Å². The van der Waals surface area contributed by atoms with Gasteiger partial charge in [0.25, 0.3) is 5.91 Å². The van der Waals surface area contributed by atoms with Gasteiger partial charge >= 0.3 is 0 Å². The summed E-state index contributed by atoms with van der Waals surface area (Å²) in [4.78, 5) is 11.9. The Labute approximate surface area is 123 Å². The number of nitrogens with one attached hydrogen (secondary N) is 1. The van der Waals surface area contributed by atoms with Crippen molar-refractivity contribution in [1.82, 2.24) is 5.43 Å². The molecule has 0 aliphatic heterocycles. The normalized spacial score (nSPS) is 11.5. The molecule has 0 saturated heterocycles. The zero-order valence-electron chi connectivity index (χ0n) is 11.8. The fourth-order valence-corrected chi connectivity index (χ4v) is 1.92. The fourth-order valence-electron chi connectivity index (χ4n) is 1.92. The Balaban J connectivity index is 2.23. The van der Waals surface area contributed by atoms with Crippen molar-refractivity contribution in [3.8, 4) is 11.5 Å². The number of carbonyl (C=O) groups is 1. The topological polar surface area (TPSA) is 73.6 Å². The van der Waals surface area contributed by atoms with E-state index in [0.717, 1.165) is 5.56 Å². The zero-order chi connectivity index (χ0) is 15.1. The van der Waals surface area contributed by atoms with Crippen LogP contribution in [-0.4, -0.2) is 12.5 Å². The van der Waals surface area contributed by atoms with Crippen LogP contribution in [0.4, 0.5) is 0 Å².